The molecule has 1 heterocycles. The van der Waals surface area contributed by atoms with Crippen molar-refractivity contribution in [2.75, 3.05) is 39.5 Å². The van der Waals surface area contributed by atoms with Crippen LogP contribution in [0.5, 0.6) is 0 Å². The van der Waals surface area contributed by atoms with Crippen molar-refractivity contribution in [1.82, 2.24) is 10.2 Å². The summed E-state index contributed by atoms with van der Waals surface area (Å²) in [5.74, 6) is 1.83. The lowest BCUT2D eigenvalue weighted by Crippen LogP contribution is -2.48. The number of aliphatic imine (C=N–C) groups is 1. The van der Waals surface area contributed by atoms with Gasteiger partial charge in [-0.05, 0) is 6.42 Å². The van der Waals surface area contributed by atoms with Gasteiger partial charge in [-0.15, -0.1) is 24.0 Å². The average Bonchev–Trinajstić information content (AvgIpc) is 2.43. The van der Waals surface area contributed by atoms with Crippen molar-refractivity contribution in [3.05, 3.63) is 0 Å². The summed E-state index contributed by atoms with van der Waals surface area (Å²) in [6.07, 6.45) is 1.55. The lowest BCUT2D eigenvalue weighted by atomic mass is 10.3. The minimum atomic E-state index is -0.196. The van der Waals surface area contributed by atoms with Crippen molar-refractivity contribution >= 4 is 47.7 Å². The number of rotatable bonds is 4. The van der Waals surface area contributed by atoms with Crippen LogP contribution in [0.25, 0.3) is 0 Å². The molecule has 1 N–H and O–H groups in total. The van der Waals surface area contributed by atoms with Crippen LogP contribution in [-0.4, -0.2) is 61.6 Å². The van der Waals surface area contributed by atoms with Gasteiger partial charge >= 0.3 is 5.97 Å². The standard InChI is InChI=1S/C12H23N3O2S.HI/c1-4-10-9-15(7-8-18-10)12(13-2)14-6-5-11(16)17-3;/h10H,4-9H2,1-3H3,(H,13,14);1H. The van der Waals surface area contributed by atoms with E-state index in [2.05, 4.69) is 26.9 Å². The fourth-order valence-electron chi connectivity index (χ4n) is 1.87. The highest BCUT2D eigenvalue weighted by Crippen LogP contribution is 2.20. The van der Waals surface area contributed by atoms with Crippen molar-refractivity contribution in [1.29, 1.82) is 0 Å². The minimum Gasteiger partial charge on any atom is -0.469 e. The molecular formula is C12H24IN3O2S. The molecule has 112 valence electrons. The molecule has 1 fully saturated rings. The Balaban J connectivity index is 0.00000324. The molecule has 0 aromatic carbocycles. The van der Waals surface area contributed by atoms with Crippen molar-refractivity contribution in [3.63, 3.8) is 0 Å². The zero-order valence-corrected chi connectivity index (χ0v) is 15.0. The molecule has 1 unspecified atom stereocenters. The molecule has 0 spiro atoms. The first-order chi connectivity index (χ1) is 8.71. The van der Waals surface area contributed by atoms with E-state index >= 15 is 0 Å². The molecule has 1 rings (SSSR count). The second-order valence-electron chi connectivity index (χ2n) is 4.15. The summed E-state index contributed by atoms with van der Waals surface area (Å²) in [5.41, 5.74) is 0. The molecule has 5 nitrogen and oxygen atoms in total. The number of carbonyl (C=O) groups is 1. The molecule has 0 radical (unpaired) electrons. The second kappa shape index (κ2) is 10.6. The fraction of sp³-hybridized carbons (Fsp3) is 0.833. The molecular weight excluding hydrogens is 377 g/mol. The summed E-state index contributed by atoms with van der Waals surface area (Å²) < 4.78 is 4.61. The van der Waals surface area contributed by atoms with Crippen molar-refractivity contribution in [3.8, 4) is 0 Å². The second-order valence-corrected chi connectivity index (χ2v) is 5.56. The Morgan fingerprint density at radius 1 is 1.58 bits per heavy atom. The Morgan fingerprint density at radius 3 is 2.89 bits per heavy atom. The normalized spacial score (nSPS) is 19.6. The van der Waals surface area contributed by atoms with Crippen LogP contribution in [0, 0.1) is 0 Å². The van der Waals surface area contributed by atoms with Crippen LogP contribution < -0.4 is 5.32 Å². The van der Waals surface area contributed by atoms with E-state index in [1.807, 2.05) is 11.8 Å². The Labute approximate surface area is 136 Å². The van der Waals surface area contributed by atoms with E-state index in [4.69, 9.17) is 0 Å². The van der Waals surface area contributed by atoms with E-state index in [1.165, 1.54) is 13.5 Å². The van der Waals surface area contributed by atoms with E-state index in [0.717, 1.165) is 24.8 Å². The van der Waals surface area contributed by atoms with Crippen LogP contribution >= 0.6 is 35.7 Å². The number of hydrogen-bond acceptors (Lipinski definition) is 4. The molecule has 1 saturated heterocycles. The zero-order chi connectivity index (χ0) is 13.4. The quantitative estimate of drug-likeness (QED) is 0.336. The van der Waals surface area contributed by atoms with Gasteiger partial charge in [-0.1, -0.05) is 6.92 Å². The van der Waals surface area contributed by atoms with E-state index in [9.17, 15) is 4.79 Å². The number of carbonyl (C=O) groups excluding carboxylic acids is 1. The van der Waals surface area contributed by atoms with Gasteiger partial charge < -0.3 is 15.0 Å². The van der Waals surface area contributed by atoms with Crippen molar-refractivity contribution < 1.29 is 9.53 Å². The molecule has 0 amide bonds. The van der Waals surface area contributed by atoms with Gasteiger partial charge in [0.1, 0.15) is 0 Å². The summed E-state index contributed by atoms with van der Waals surface area (Å²) in [4.78, 5) is 17.6. The lowest BCUT2D eigenvalue weighted by Gasteiger charge is -2.34. The van der Waals surface area contributed by atoms with E-state index < -0.39 is 0 Å². The first kappa shape index (κ1) is 18.8. The fourth-order valence-corrected chi connectivity index (χ4v) is 3.05. The first-order valence-corrected chi connectivity index (χ1v) is 7.40. The number of guanidine groups is 1. The Kier molecular flexibility index (Phi) is 10.5. The Hall–Kier alpha value is -0.180. The molecule has 0 aliphatic carbocycles. The third-order valence-electron chi connectivity index (χ3n) is 2.95. The zero-order valence-electron chi connectivity index (χ0n) is 11.8. The van der Waals surface area contributed by atoms with Crippen LogP contribution in [0.15, 0.2) is 4.99 Å². The van der Waals surface area contributed by atoms with Crippen LogP contribution in [0.4, 0.5) is 0 Å². The van der Waals surface area contributed by atoms with Gasteiger partial charge in [-0.3, -0.25) is 9.79 Å². The van der Waals surface area contributed by atoms with Gasteiger partial charge in [0.05, 0.1) is 13.5 Å². The molecule has 0 aromatic heterocycles. The molecule has 19 heavy (non-hydrogen) atoms. The average molecular weight is 401 g/mol. The predicted molar refractivity (Wildman–Crippen MR) is 91.5 cm³/mol. The molecule has 7 heteroatoms. The maximum atomic E-state index is 11.0. The van der Waals surface area contributed by atoms with Gasteiger partial charge in [-0.2, -0.15) is 11.8 Å². The maximum absolute atomic E-state index is 11.0. The third kappa shape index (κ3) is 6.69. The first-order valence-electron chi connectivity index (χ1n) is 6.35. The van der Waals surface area contributed by atoms with Crippen molar-refractivity contribution in [2.24, 2.45) is 4.99 Å². The number of ether oxygens (including phenoxy) is 1. The summed E-state index contributed by atoms with van der Waals surface area (Å²) in [5, 5.41) is 3.89. The van der Waals surface area contributed by atoms with E-state index in [0.29, 0.717) is 18.2 Å². The molecule has 1 aliphatic rings. The Morgan fingerprint density at radius 2 is 2.32 bits per heavy atom. The minimum absolute atomic E-state index is 0. The van der Waals surface area contributed by atoms with Crippen LogP contribution in [0.3, 0.4) is 0 Å². The highest BCUT2D eigenvalue weighted by atomic mass is 127. The monoisotopic (exact) mass is 401 g/mol. The number of esters is 1. The van der Waals surface area contributed by atoms with Crippen LogP contribution in [-0.2, 0) is 9.53 Å². The topological polar surface area (TPSA) is 53.9 Å². The smallest absolute Gasteiger partial charge is 0.307 e. The van der Waals surface area contributed by atoms with Gasteiger partial charge in [-0.25, -0.2) is 0 Å². The van der Waals surface area contributed by atoms with Gasteiger partial charge in [0.15, 0.2) is 5.96 Å². The van der Waals surface area contributed by atoms with Crippen LogP contribution in [0.1, 0.15) is 19.8 Å². The number of methoxy groups -OCH3 is 1. The largest absolute Gasteiger partial charge is 0.469 e. The number of halogens is 1. The van der Waals surface area contributed by atoms with Gasteiger partial charge in [0, 0.05) is 37.7 Å². The predicted octanol–water partition coefficient (Wildman–Crippen LogP) is 1.57. The summed E-state index contributed by atoms with van der Waals surface area (Å²) in [6.45, 7) is 4.83. The molecule has 0 saturated carbocycles. The molecule has 1 aliphatic heterocycles. The highest BCUT2D eigenvalue weighted by molar-refractivity contribution is 14.0. The SMILES string of the molecule is CCC1CN(C(=NC)NCCC(=O)OC)CCS1.I. The van der Waals surface area contributed by atoms with E-state index in [-0.39, 0.29) is 29.9 Å². The van der Waals surface area contributed by atoms with Gasteiger partial charge in [0.25, 0.3) is 0 Å². The summed E-state index contributed by atoms with van der Waals surface area (Å²) in [7, 11) is 3.19. The van der Waals surface area contributed by atoms with Crippen molar-refractivity contribution in [2.45, 2.75) is 25.0 Å². The maximum Gasteiger partial charge on any atom is 0.307 e. The number of hydrogen-bond donors (Lipinski definition) is 1. The molecule has 0 aromatic rings. The number of thioether (sulfide) groups is 1. The van der Waals surface area contributed by atoms with E-state index in [1.54, 1.807) is 7.05 Å². The number of nitrogens with one attached hydrogen (secondary N) is 1. The third-order valence-corrected chi connectivity index (χ3v) is 4.32. The highest BCUT2D eigenvalue weighted by Gasteiger charge is 2.21. The molecule has 0 bridgehead atoms. The van der Waals surface area contributed by atoms with Crippen LogP contribution in [0.2, 0.25) is 0 Å². The summed E-state index contributed by atoms with van der Waals surface area (Å²) >= 11 is 2.03. The van der Waals surface area contributed by atoms with Gasteiger partial charge in [0.2, 0.25) is 0 Å². The lowest BCUT2D eigenvalue weighted by molar-refractivity contribution is -0.140. The number of nitrogens with zero attached hydrogens (tertiary/aromatic N) is 2. The Bertz CT molecular complexity index is 303. The summed E-state index contributed by atoms with van der Waals surface area (Å²) in [6, 6.07) is 0. The molecule has 1 atom stereocenters.